The second kappa shape index (κ2) is 5.47. The number of nitrogens with one attached hydrogen (secondary N) is 1. The highest BCUT2D eigenvalue weighted by Crippen LogP contribution is 2.26. The van der Waals surface area contributed by atoms with Crippen LogP contribution in [0.3, 0.4) is 0 Å². The fourth-order valence-electron chi connectivity index (χ4n) is 2.12. The third-order valence-corrected chi connectivity index (χ3v) is 3.27. The summed E-state index contributed by atoms with van der Waals surface area (Å²) in [5.74, 6) is 1.55. The van der Waals surface area contributed by atoms with E-state index in [1.54, 1.807) is 0 Å². The standard InChI is InChI=1S/C16H14ClN3/c1-2-18-16-13-9-8-12(17)10-14(13)19-15(20-16)11-6-4-3-5-7-11/h3-10H,2H2,1H3,(H,18,19,20). The molecule has 4 heteroatoms. The van der Waals surface area contributed by atoms with Gasteiger partial charge in [-0.15, -0.1) is 0 Å². The van der Waals surface area contributed by atoms with Gasteiger partial charge >= 0.3 is 0 Å². The molecule has 3 aromatic rings. The monoisotopic (exact) mass is 283 g/mol. The Morgan fingerprint density at radius 3 is 2.60 bits per heavy atom. The highest BCUT2D eigenvalue weighted by atomic mass is 35.5. The number of benzene rings is 2. The van der Waals surface area contributed by atoms with E-state index in [1.807, 2.05) is 55.5 Å². The Hall–Kier alpha value is -2.13. The molecule has 0 bridgehead atoms. The lowest BCUT2D eigenvalue weighted by Gasteiger charge is -2.09. The van der Waals surface area contributed by atoms with Crippen molar-refractivity contribution in [3.05, 3.63) is 53.6 Å². The molecule has 3 rings (SSSR count). The zero-order valence-corrected chi connectivity index (χ0v) is 11.9. The van der Waals surface area contributed by atoms with E-state index in [1.165, 1.54) is 0 Å². The second-order valence-corrected chi connectivity index (χ2v) is 4.89. The summed E-state index contributed by atoms with van der Waals surface area (Å²) in [5.41, 5.74) is 1.84. The minimum Gasteiger partial charge on any atom is -0.370 e. The second-order valence-electron chi connectivity index (χ2n) is 4.45. The highest BCUT2D eigenvalue weighted by Gasteiger charge is 2.09. The van der Waals surface area contributed by atoms with Crippen molar-refractivity contribution in [3.63, 3.8) is 0 Å². The lowest BCUT2D eigenvalue weighted by atomic mass is 10.2. The summed E-state index contributed by atoms with van der Waals surface area (Å²) >= 11 is 6.07. The van der Waals surface area contributed by atoms with Crippen molar-refractivity contribution in [1.29, 1.82) is 0 Å². The maximum atomic E-state index is 6.07. The van der Waals surface area contributed by atoms with Gasteiger partial charge in [0.1, 0.15) is 5.82 Å². The Morgan fingerprint density at radius 1 is 1.05 bits per heavy atom. The maximum absolute atomic E-state index is 6.07. The Morgan fingerprint density at radius 2 is 1.85 bits per heavy atom. The molecule has 2 aromatic carbocycles. The van der Waals surface area contributed by atoms with Crippen molar-refractivity contribution in [1.82, 2.24) is 9.97 Å². The molecule has 0 saturated carbocycles. The molecular weight excluding hydrogens is 270 g/mol. The summed E-state index contributed by atoms with van der Waals surface area (Å²) in [7, 11) is 0. The van der Waals surface area contributed by atoms with Crippen LogP contribution in [0.5, 0.6) is 0 Å². The largest absolute Gasteiger partial charge is 0.370 e. The predicted octanol–water partition coefficient (Wildman–Crippen LogP) is 4.38. The van der Waals surface area contributed by atoms with E-state index in [2.05, 4.69) is 15.3 Å². The van der Waals surface area contributed by atoms with Crippen LogP contribution in [0.4, 0.5) is 5.82 Å². The van der Waals surface area contributed by atoms with Crippen molar-refractivity contribution in [2.24, 2.45) is 0 Å². The van der Waals surface area contributed by atoms with E-state index >= 15 is 0 Å². The lowest BCUT2D eigenvalue weighted by molar-refractivity contribution is 1.14. The fraction of sp³-hybridized carbons (Fsp3) is 0.125. The number of nitrogens with zero attached hydrogens (tertiary/aromatic N) is 2. The molecule has 0 radical (unpaired) electrons. The van der Waals surface area contributed by atoms with Gasteiger partial charge in [-0.05, 0) is 25.1 Å². The van der Waals surface area contributed by atoms with Crippen LogP contribution in [0.2, 0.25) is 5.02 Å². The van der Waals surface area contributed by atoms with Gasteiger partial charge in [0, 0.05) is 22.5 Å². The molecule has 20 heavy (non-hydrogen) atoms. The quantitative estimate of drug-likeness (QED) is 0.775. The molecule has 0 spiro atoms. The van der Waals surface area contributed by atoms with Crippen LogP contribution in [0.1, 0.15) is 6.92 Å². The van der Waals surface area contributed by atoms with Gasteiger partial charge in [0.05, 0.1) is 5.52 Å². The molecule has 0 fully saturated rings. The average molecular weight is 284 g/mol. The Kier molecular flexibility index (Phi) is 3.52. The molecular formula is C16H14ClN3. The van der Waals surface area contributed by atoms with Crippen LogP contribution in [0.15, 0.2) is 48.5 Å². The Labute approximate surface area is 122 Å². The summed E-state index contributed by atoms with van der Waals surface area (Å²) in [5, 5.41) is 4.95. The molecule has 1 heterocycles. The summed E-state index contributed by atoms with van der Waals surface area (Å²) < 4.78 is 0. The van der Waals surface area contributed by atoms with Crippen molar-refractivity contribution >= 4 is 28.3 Å². The van der Waals surface area contributed by atoms with Crippen molar-refractivity contribution < 1.29 is 0 Å². The lowest BCUT2D eigenvalue weighted by Crippen LogP contribution is -2.02. The van der Waals surface area contributed by atoms with Crippen LogP contribution in [0, 0.1) is 0 Å². The summed E-state index contributed by atoms with van der Waals surface area (Å²) in [4.78, 5) is 9.24. The molecule has 0 aliphatic rings. The highest BCUT2D eigenvalue weighted by molar-refractivity contribution is 6.31. The maximum Gasteiger partial charge on any atom is 0.162 e. The first kappa shape index (κ1) is 12.9. The molecule has 3 nitrogen and oxygen atoms in total. The molecule has 1 N–H and O–H groups in total. The Balaban J connectivity index is 2.24. The third kappa shape index (κ3) is 2.45. The van der Waals surface area contributed by atoms with Crippen LogP contribution in [-0.2, 0) is 0 Å². The van der Waals surface area contributed by atoms with Gasteiger partial charge in [0.15, 0.2) is 5.82 Å². The smallest absolute Gasteiger partial charge is 0.162 e. The van der Waals surface area contributed by atoms with Crippen LogP contribution >= 0.6 is 11.6 Å². The number of rotatable bonds is 3. The van der Waals surface area contributed by atoms with Gasteiger partial charge in [-0.1, -0.05) is 41.9 Å². The predicted molar refractivity (Wildman–Crippen MR) is 84.1 cm³/mol. The molecule has 0 amide bonds. The average Bonchev–Trinajstić information content (AvgIpc) is 2.48. The number of hydrogen-bond acceptors (Lipinski definition) is 3. The summed E-state index contributed by atoms with van der Waals surface area (Å²) in [6.07, 6.45) is 0. The first-order valence-corrected chi connectivity index (χ1v) is 6.92. The van der Waals surface area contributed by atoms with Crippen molar-refractivity contribution in [2.45, 2.75) is 6.92 Å². The number of hydrogen-bond donors (Lipinski definition) is 1. The zero-order chi connectivity index (χ0) is 13.9. The molecule has 100 valence electrons. The SMILES string of the molecule is CCNc1nc(-c2ccccc2)nc2cc(Cl)ccc12. The number of anilines is 1. The number of aromatic nitrogens is 2. The zero-order valence-electron chi connectivity index (χ0n) is 11.1. The number of fused-ring (bicyclic) bond motifs is 1. The molecule has 0 unspecified atom stereocenters. The van der Waals surface area contributed by atoms with Gasteiger partial charge < -0.3 is 5.32 Å². The molecule has 0 aliphatic heterocycles. The van der Waals surface area contributed by atoms with Crippen LogP contribution in [-0.4, -0.2) is 16.5 Å². The van der Waals surface area contributed by atoms with E-state index in [0.29, 0.717) is 10.8 Å². The van der Waals surface area contributed by atoms with Gasteiger partial charge in [0.25, 0.3) is 0 Å². The van der Waals surface area contributed by atoms with Crippen LogP contribution in [0.25, 0.3) is 22.3 Å². The summed E-state index contributed by atoms with van der Waals surface area (Å²) in [6.45, 7) is 2.86. The van der Waals surface area contributed by atoms with Crippen molar-refractivity contribution in [2.75, 3.05) is 11.9 Å². The molecule has 1 aromatic heterocycles. The first-order valence-electron chi connectivity index (χ1n) is 6.54. The van der Waals surface area contributed by atoms with Gasteiger partial charge in [-0.25, -0.2) is 9.97 Å². The fourth-order valence-corrected chi connectivity index (χ4v) is 2.29. The van der Waals surface area contributed by atoms with E-state index in [4.69, 9.17) is 11.6 Å². The van der Waals surface area contributed by atoms with Crippen molar-refractivity contribution in [3.8, 4) is 11.4 Å². The van der Waals surface area contributed by atoms with E-state index in [9.17, 15) is 0 Å². The van der Waals surface area contributed by atoms with E-state index in [0.717, 1.165) is 28.8 Å². The van der Waals surface area contributed by atoms with E-state index in [-0.39, 0.29) is 0 Å². The minimum absolute atomic E-state index is 0.678. The third-order valence-electron chi connectivity index (χ3n) is 3.04. The van der Waals surface area contributed by atoms with E-state index < -0.39 is 0 Å². The van der Waals surface area contributed by atoms with Gasteiger partial charge in [0.2, 0.25) is 0 Å². The van der Waals surface area contributed by atoms with Gasteiger partial charge in [-0.2, -0.15) is 0 Å². The first-order chi connectivity index (χ1) is 9.78. The topological polar surface area (TPSA) is 37.8 Å². The van der Waals surface area contributed by atoms with Crippen LogP contribution < -0.4 is 5.32 Å². The number of halogens is 1. The van der Waals surface area contributed by atoms with Gasteiger partial charge in [-0.3, -0.25) is 0 Å². The molecule has 0 atom stereocenters. The molecule has 0 aliphatic carbocycles. The summed E-state index contributed by atoms with van der Waals surface area (Å²) in [6, 6.07) is 15.6. The molecule has 0 saturated heterocycles. The normalized spacial score (nSPS) is 10.7. The Bertz CT molecular complexity index is 741. The minimum atomic E-state index is 0.678.